The number of carbonyl (C=O) groups excluding carboxylic acids is 1. The van der Waals surface area contributed by atoms with Crippen molar-refractivity contribution in [1.82, 2.24) is 19.8 Å². The van der Waals surface area contributed by atoms with Crippen LogP contribution in [0.25, 0.3) is 16.5 Å². The van der Waals surface area contributed by atoms with Gasteiger partial charge < -0.3 is 14.8 Å². The number of nitrogens with one attached hydrogen (secondary N) is 1. The van der Waals surface area contributed by atoms with Crippen LogP contribution in [0.5, 0.6) is 0 Å². The number of nitrogens with zero attached hydrogens (tertiary/aromatic N) is 3. The van der Waals surface area contributed by atoms with Crippen molar-refractivity contribution < 1.29 is 31.1 Å². The monoisotopic (exact) mass is 590 g/mol. The van der Waals surface area contributed by atoms with Crippen LogP contribution in [0.1, 0.15) is 44.9 Å². The summed E-state index contributed by atoms with van der Waals surface area (Å²) in [5, 5.41) is 3.74. The van der Waals surface area contributed by atoms with Crippen LogP contribution in [0.2, 0.25) is 0 Å². The number of piperazine rings is 1. The summed E-state index contributed by atoms with van der Waals surface area (Å²) >= 11 is 1.53. The summed E-state index contributed by atoms with van der Waals surface area (Å²) in [6.45, 7) is 0.543. The highest BCUT2D eigenvalue weighted by atomic mass is 32.1. The molecule has 2 atom stereocenters. The molecule has 2 aromatic heterocycles. The molecule has 1 amide bonds. The Hall–Kier alpha value is -3.80. The van der Waals surface area contributed by atoms with Crippen molar-refractivity contribution in [3.05, 3.63) is 93.7 Å². The van der Waals surface area contributed by atoms with Gasteiger partial charge in [0.05, 0.1) is 17.2 Å². The van der Waals surface area contributed by atoms with Crippen molar-refractivity contribution in [2.75, 3.05) is 13.1 Å². The summed E-state index contributed by atoms with van der Waals surface area (Å²) in [5.41, 5.74) is -0.769. The molecule has 6 rings (SSSR count). The average molecular weight is 591 g/mol. The first-order chi connectivity index (χ1) is 19.5. The van der Waals surface area contributed by atoms with Gasteiger partial charge in [0.1, 0.15) is 5.01 Å². The average Bonchev–Trinajstić information content (AvgIpc) is 3.62. The maximum atomic E-state index is 13.8. The highest BCUT2D eigenvalue weighted by Gasteiger charge is 2.41. The maximum absolute atomic E-state index is 13.8. The molecule has 1 fully saturated rings. The fraction of sp³-hybridized carbons (Fsp3) is 0.310. The van der Waals surface area contributed by atoms with Gasteiger partial charge in [-0.05, 0) is 49.1 Å². The second-order valence-corrected chi connectivity index (χ2v) is 11.2. The van der Waals surface area contributed by atoms with Gasteiger partial charge in [0.2, 0.25) is 0 Å². The number of amides is 1. The SMILES string of the molecule is O=C(c1cc(C(F)(F)F)cc(C(F)(F)F)c1)N1CC2CCC(c3nccs3)=CN2CC1Cc1c[nH]c2ccccc12. The standard InChI is InChI=1S/C29H24F6N4OS/c30-28(31,32)20-9-18(10-21(12-20)29(33,34)35)27(40)39-16-22-6-5-17(26-36-7-8-41-26)14-38(22)15-23(39)11-19-13-37-25-4-2-1-3-24(19)25/h1-4,7-10,12-14,22-23,37H,5-6,11,15-16H2. The highest BCUT2D eigenvalue weighted by molar-refractivity contribution is 7.10. The number of hydrogen-bond acceptors (Lipinski definition) is 4. The number of allylic oxidation sites excluding steroid dienone is 1. The smallest absolute Gasteiger partial charge is 0.370 e. The lowest BCUT2D eigenvalue weighted by Gasteiger charge is -2.48. The van der Waals surface area contributed by atoms with Crippen molar-refractivity contribution in [2.45, 2.75) is 43.7 Å². The fourth-order valence-corrected chi connectivity index (χ4v) is 6.42. The molecular weight excluding hydrogens is 566 g/mol. The maximum Gasteiger partial charge on any atom is 0.416 e. The van der Waals surface area contributed by atoms with Gasteiger partial charge in [-0.25, -0.2) is 4.98 Å². The molecule has 0 spiro atoms. The topological polar surface area (TPSA) is 52.2 Å². The third-order valence-corrected chi connectivity index (χ3v) is 8.59. The van der Waals surface area contributed by atoms with Crippen LogP contribution in [0.3, 0.4) is 0 Å². The number of fused-ring (bicyclic) bond motifs is 2. The fourth-order valence-electron chi connectivity index (χ4n) is 5.74. The summed E-state index contributed by atoms with van der Waals surface area (Å²) in [6.07, 6.45) is -2.76. The van der Waals surface area contributed by atoms with Gasteiger partial charge >= 0.3 is 12.4 Å². The third kappa shape index (κ3) is 5.44. The van der Waals surface area contributed by atoms with E-state index in [9.17, 15) is 31.1 Å². The summed E-state index contributed by atoms with van der Waals surface area (Å²) in [5.74, 6) is -0.846. The Morgan fingerprint density at radius 1 is 1.02 bits per heavy atom. The van der Waals surface area contributed by atoms with E-state index in [1.165, 1.54) is 16.2 Å². The Morgan fingerprint density at radius 3 is 2.44 bits per heavy atom. The van der Waals surface area contributed by atoms with E-state index in [1.54, 1.807) is 6.20 Å². The minimum absolute atomic E-state index is 0.0458. The molecule has 1 saturated heterocycles. The molecule has 1 N–H and O–H groups in total. The predicted octanol–water partition coefficient (Wildman–Crippen LogP) is 7.23. The van der Waals surface area contributed by atoms with E-state index in [4.69, 9.17) is 0 Å². The van der Waals surface area contributed by atoms with Crippen molar-refractivity contribution in [1.29, 1.82) is 0 Å². The Kier molecular flexibility index (Phi) is 6.83. The van der Waals surface area contributed by atoms with Crippen LogP contribution in [0, 0.1) is 0 Å². The van der Waals surface area contributed by atoms with E-state index in [1.807, 2.05) is 42.0 Å². The first-order valence-electron chi connectivity index (χ1n) is 13.0. The largest absolute Gasteiger partial charge is 0.416 e. The van der Waals surface area contributed by atoms with E-state index in [2.05, 4.69) is 14.9 Å². The van der Waals surface area contributed by atoms with Crippen LogP contribution in [0.4, 0.5) is 26.3 Å². The van der Waals surface area contributed by atoms with Gasteiger partial charge in [-0.3, -0.25) is 4.79 Å². The summed E-state index contributed by atoms with van der Waals surface area (Å²) in [4.78, 5) is 25.0. The number of halogens is 6. The molecule has 0 aliphatic carbocycles. The van der Waals surface area contributed by atoms with Crippen LogP contribution >= 0.6 is 11.3 Å². The van der Waals surface area contributed by atoms with Crippen LogP contribution in [-0.4, -0.2) is 50.8 Å². The van der Waals surface area contributed by atoms with E-state index in [-0.39, 0.29) is 18.7 Å². The molecule has 0 bridgehead atoms. The van der Waals surface area contributed by atoms with Gasteiger partial charge in [0, 0.05) is 65.1 Å². The Morgan fingerprint density at radius 2 is 1.76 bits per heavy atom. The van der Waals surface area contributed by atoms with Gasteiger partial charge in [-0.1, -0.05) is 18.2 Å². The van der Waals surface area contributed by atoms with Crippen LogP contribution in [-0.2, 0) is 18.8 Å². The molecule has 2 unspecified atom stereocenters. The molecule has 2 aliphatic rings. The molecule has 0 radical (unpaired) electrons. The lowest BCUT2D eigenvalue weighted by molar-refractivity contribution is -0.143. The molecule has 0 saturated carbocycles. The quantitative estimate of drug-likeness (QED) is 0.255. The van der Waals surface area contributed by atoms with Gasteiger partial charge in [0.15, 0.2) is 0 Å². The number of rotatable bonds is 4. The number of aromatic amines is 1. The predicted molar refractivity (Wildman–Crippen MR) is 143 cm³/mol. The number of thiazole rings is 1. The number of H-pyrrole nitrogens is 1. The van der Waals surface area contributed by atoms with E-state index in [0.717, 1.165) is 27.0 Å². The van der Waals surface area contributed by atoms with Crippen LogP contribution < -0.4 is 0 Å². The first-order valence-corrected chi connectivity index (χ1v) is 13.9. The summed E-state index contributed by atoms with van der Waals surface area (Å²) in [7, 11) is 0. The Labute approximate surface area is 235 Å². The van der Waals surface area contributed by atoms with E-state index < -0.39 is 41.0 Å². The van der Waals surface area contributed by atoms with Crippen molar-refractivity contribution in [3.63, 3.8) is 0 Å². The van der Waals surface area contributed by atoms with Gasteiger partial charge in [0.25, 0.3) is 5.91 Å². The molecule has 214 valence electrons. The molecular formula is C29H24F6N4OS. The highest BCUT2D eigenvalue weighted by Crippen LogP contribution is 2.38. The number of alkyl halides is 6. The molecule has 5 nitrogen and oxygen atoms in total. The molecule has 2 aromatic carbocycles. The zero-order chi connectivity index (χ0) is 28.9. The summed E-state index contributed by atoms with van der Waals surface area (Å²) < 4.78 is 81.5. The minimum Gasteiger partial charge on any atom is -0.370 e. The molecule has 41 heavy (non-hydrogen) atoms. The van der Waals surface area contributed by atoms with Crippen molar-refractivity contribution >= 4 is 33.7 Å². The third-order valence-electron chi connectivity index (χ3n) is 7.74. The normalized spacial score (nSPS) is 19.8. The second-order valence-electron chi connectivity index (χ2n) is 10.4. The molecule has 12 heteroatoms. The summed E-state index contributed by atoms with van der Waals surface area (Å²) in [6, 6.07) is 8.06. The first kappa shape index (κ1) is 27.4. The lowest BCUT2D eigenvalue weighted by Crippen LogP contribution is -2.59. The second kappa shape index (κ2) is 10.2. The molecule has 4 aromatic rings. The molecule has 2 aliphatic heterocycles. The van der Waals surface area contributed by atoms with Gasteiger partial charge in [-0.15, -0.1) is 11.3 Å². The lowest BCUT2D eigenvalue weighted by atomic mass is 9.92. The Bertz CT molecular complexity index is 1580. The molecule has 4 heterocycles. The number of carbonyl (C=O) groups is 1. The van der Waals surface area contributed by atoms with E-state index in [0.29, 0.717) is 37.9 Å². The zero-order valence-corrected chi connectivity index (χ0v) is 22.3. The van der Waals surface area contributed by atoms with Crippen molar-refractivity contribution in [3.8, 4) is 0 Å². The van der Waals surface area contributed by atoms with Gasteiger partial charge in [-0.2, -0.15) is 26.3 Å². The number of aromatic nitrogens is 2. The minimum atomic E-state index is -5.04. The van der Waals surface area contributed by atoms with Crippen molar-refractivity contribution in [2.24, 2.45) is 0 Å². The van der Waals surface area contributed by atoms with Crippen LogP contribution in [0.15, 0.2) is 66.4 Å². The van der Waals surface area contributed by atoms with E-state index >= 15 is 0 Å². The zero-order valence-electron chi connectivity index (χ0n) is 21.5. The number of benzene rings is 2. The number of para-hydroxylation sites is 1. The Balaban J connectivity index is 1.38. The number of hydrogen-bond donors (Lipinski definition) is 1.